The van der Waals surface area contributed by atoms with Crippen molar-refractivity contribution < 1.29 is 0 Å². The monoisotopic (exact) mass is 679 g/mol. The Bertz CT molecular complexity index is 2880. The van der Waals surface area contributed by atoms with Crippen LogP contribution in [0.25, 0.3) is 75.1 Å². The molecule has 1 nitrogen and oxygen atoms in total. The molecular formula is C50H33NS. The van der Waals surface area contributed by atoms with Crippen molar-refractivity contribution in [2.75, 3.05) is 4.90 Å². The van der Waals surface area contributed by atoms with E-state index >= 15 is 0 Å². The van der Waals surface area contributed by atoms with Gasteiger partial charge in [0.2, 0.25) is 0 Å². The zero-order chi connectivity index (χ0) is 34.4. The minimum atomic E-state index is 1.12. The second kappa shape index (κ2) is 12.7. The number of benzene rings is 9. The summed E-state index contributed by atoms with van der Waals surface area (Å²) in [5, 5.41) is 7.61. The molecule has 0 bridgehead atoms. The molecule has 0 radical (unpaired) electrons. The number of thiophene rings is 1. The number of para-hydroxylation sites is 1. The topological polar surface area (TPSA) is 3.24 Å². The van der Waals surface area contributed by atoms with Crippen molar-refractivity contribution in [3.8, 4) is 33.4 Å². The number of fused-ring (bicyclic) bond motifs is 6. The quantitative estimate of drug-likeness (QED) is 0.169. The fourth-order valence-corrected chi connectivity index (χ4v) is 9.04. The largest absolute Gasteiger partial charge is 0.309 e. The van der Waals surface area contributed by atoms with E-state index in [2.05, 4.69) is 205 Å². The van der Waals surface area contributed by atoms with Crippen LogP contribution in [-0.4, -0.2) is 0 Å². The molecule has 0 unspecified atom stereocenters. The van der Waals surface area contributed by atoms with E-state index in [0.29, 0.717) is 0 Å². The second-order valence-electron chi connectivity index (χ2n) is 13.3. The van der Waals surface area contributed by atoms with Gasteiger partial charge in [0, 0.05) is 42.2 Å². The Labute approximate surface area is 307 Å². The maximum absolute atomic E-state index is 2.47. The van der Waals surface area contributed by atoms with Crippen molar-refractivity contribution in [3.05, 3.63) is 200 Å². The lowest BCUT2D eigenvalue weighted by Crippen LogP contribution is -2.11. The molecule has 0 N–H and O–H groups in total. The Morgan fingerprint density at radius 1 is 0.327 bits per heavy atom. The van der Waals surface area contributed by atoms with E-state index in [1.54, 1.807) is 0 Å². The highest BCUT2D eigenvalue weighted by Gasteiger charge is 2.22. The van der Waals surface area contributed by atoms with E-state index in [1.807, 2.05) is 11.3 Å². The summed E-state index contributed by atoms with van der Waals surface area (Å²) in [6.07, 6.45) is 0. The number of nitrogens with zero attached hydrogens (tertiary/aromatic N) is 1. The number of hydrogen-bond acceptors (Lipinski definition) is 2. The highest BCUT2D eigenvalue weighted by atomic mass is 32.1. The summed E-state index contributed by atoms with van der Waals surface area (Å²) < 4.78 is 2.62. The average Bonchev–Trinajstić information content (AvgIpc) is 3.60. The van der Waals surface area contributed by atoms with Gasteiger partial charge in [-0.1, -0.05) is 170 Å². The third-order valence-electron chi connectivity index (χ3n) is 10.3. The van der Waals surface area contributed by atoms with Crippen LogP contribution in [-0.2, 0) is 0 Å². The van der Waals surface area contributed by atoms with Gasteiger partial charge in [-0.25, -0.2) is 0 Å². The van der Waals surface area contributed by atoms with Gasteiger partial charge in [0.15, 0.2) is 0 Å². The summed E-state index contributed by atoms with van der Waals surface area (Å²) in [7, 11) is 0. The van der Waals surface area contributed by atoms with E-state index in [1.165, 1.54) is 75.1 Å². The van der Waals surface area contributed by atoms with Gasteiger partial charge in [-0.05, 0) is 68.9 Å². The molecule has 0 spiro atoms. The fourth-order valence-electron chi connectivity index (χ4n) is 7.78. The van der Waals surface area contributed by atoms with Crippen molar-refractivity contribution in [3.63, 3.8) is 0 Å². The number of anilines is 3. The van der Waals surface area contributed by atoms with E-state index in [9.17, 15) is 0 Å². The molecule has 10 rings (SSSR count). The van der Waals surface area contributed by atoms with Crippen molar-refractivity contribution in [1.82, 2.24) is 0 Å². The summed E-state index contributed by atoms with van der Waals surface area (Å²) in [5.41, 5.74) is 10.7. The Kier molecular flexibility index (Phi) is 7.41. The molecule has 1 heterocycles. The zero-order valence-electron chi connectivity index (χ0n) is 28.4. The molecule has 0 aliphatic carbocycles. The standard InChI is InChI=1S/C50H33NS/c1-3-14-34(15-4-1)35-26-29-39(30-27-35)51(47-25-12-11-21-42(47)37-16-5-2-6-17-37)48-33-46-44-31-28-38(41-24-13-19-36-18-7-8-20-40(36)41)32-49(44)52-50(46)45-23-10-9-22-43(45)48/h1-33H. The van der Waals surface area contributed by atoms with Gasteiger partial charge in [0.1, 0.15) is 0 Å². The average molecular weight is 680 g/mol. The van der Waals surface area contributed by atoms with Crippen molar-refractivity contribution in [1.29, 1.82) is 0 Å². The molecule has 1 aromatic heterocycles. The number of rotatable bonds is 6. The Morgan fingerprint density at radius 3 is 1.73 bits per heavy atom. The first kappa shape index (κ1) is 30.4. The highest BCUT2D eigenvalue weighted by molar-refractivity contribution is 7.26. The van der Waals surface area contributed by atoms with Crippen LogP contribution in [0.2, 0.25) is 0 Å². The van der Waals surface area contributed by atoms with Crippen LogP contribution in [0.4, 0.5) is 17.1 Å². The number of hydrogen-bond donors (Lipinski definition) is 0. The fraction of sp³-hybridized carbons (Fsp3) is 0. The minimum absolute atomic E-state index is 1.12. The van der Waals surface area contributed by atoms with Crippen LogP contribution in [0.5, 0.6) is 0 Å². The highest BCUT2D eigenvalue weighted by Crippen LogP contribution is 2.49. The van der Waals surface area contributed by atoms with Gasteiger partial charge in [-0.15, -0.1) is 11.3 Å². The molecule has 10 aromatic rings. The summed E-state index contributed by atoms with van der Waals surface area (Å²) in [5.74, 6) is 0. The zero-order valence-corrected chi connectivity index (χ0v) is 29.2. The smallest absolute Gasteiger partial charge is 0.0547 e. The molecule has 0 aliphatic rings. The second-order valence-corrected chi connectivity index (χ2v) is 14.3. The summed E-state index contributed by atoms with van der Waals surface area (Å²) in [6.45, 7) is 0. The molecule has 0 saturated carbocycles. The normalized spacial score (nSPS) is 11.5. The van der Waals surface area contributed by atoms with Crippen LogP contribution in [0.3, 0.4) is 0 Å². The molecular weight excluding hydrogens is 647 g/mol. The summed E-state index contributed by atoms with van der Waals surface area (Å²) in [6, 6.07) is 72.8. The van der Waals surface area contributed by atoms with Gasteiger partial charge in [-0.2, -0.15) is 0 Å². The maximum Gasteiger partial charge on any atom is 0.0547 e. The minimum Gasteiger partial charge on any atom is -0.309 e. The van der Waals surface area contributed by atoms with Gasteiger partial charge in [0.05, 0.1) is 11.4 Å². The molecule has 0 saturated heterocycles. The van der Waals surface area contributed by atoms with Gasteiger partial charge in [0.25, 0.3) is 0 Å². The molecule has 0 atom stereocenters. The van der Waals surface area contributed by atoms with Gasteiger partial charge >= 0.3 is 0 Å². The maximum atomic E-state index is 2.47. The molecule has 0 amide bonds. The van der Waals surface area contributed by atoms with Crippen LogP contribution in [0, 0.1) is 0 Å². The summed E-state index contributed by atoms with van der Waals surface area (Å²) >= 11 is 1.90. The Hall–Kier alpha value is -6.48. The lowest BCUT2D eigenvalue weighted by Gasteiger charge is -2.29. The van der Waals surface area contributed by atoms with Crippen LogP contribution < -0.4 is 4.90 Å². The van der Waals surface area contributed by atoms with E-state index < -0.39 is 0 Å². The molecule has 244 valence electrons. The van der Waals surface area contributed by atoms with E-state index in [4.69, 9.17) is 0 Å². The lowest BCUT2D eigenvalue weighted by molar-refractivity contribution is 1.30. The predicted molar refractivity (Wildman–Crippen MR) is 225 cm³/mol. The first-order valence-corrected chi connectivity index (χ1v) is 18.6. The first-order chi connectivity index (χ1) is 25.8. The van der Waals surface area contributed by atoms with Crippen molar-refractivity contribution >= 4 is 70.1 Å². The Morgan fingerprint density at radius 2 is 0.923 bits per heavy atom. The predicted octanol–water partition coefficient (Wildman–Crippen LogP) is 14.8. The SMILES string of the molecule is c1ccc(-c2ccc(N(c3ccccc3-c3ccccc3)c3cc4c5ccc(-c6cccc7ccccc67)cc5sc4c4ccccc34)cc2)cc1. The summed E-state index contributed by atoms with van der Waals surface area (Å²) in [4.78, 5) is 2.47. The van der Waals surface area contributed by atoms with Gasteiger partial charge in [-0.3, -0.25) is 0 Å². The van der Waals surface area contributed by atoms with Crippen molar-refractivity contribution in [2.45, 2.75) is 0 Å². The van der Waals surface area contributed by atoms with E-state index in [0.717, 1.165) is 17.1 Å². The van der Waals surface area contributed by atoms with Crippen molar-refractivity contribution in [2.24, 2.45) is 0 Å². The first-order valence-electron chi connectivity index (χ1n) is 17.8. The Balaban J connectivity index is 1.21. The van der Waals surface area contributed by atoms with Crippen LogP contribution >= 0.6 is 11.3 Å². The van der Waals surface area contributed by atoms with E-state index in [-0.39, 0.29) is 0 Å². The third kappa shape index (κ3) is 5.16. The molecule has 2 heteroatoms. The third-order valence-corrected chi connectivity index (χ3v) is 11.5. The van der Waals surface area contributed by atoms with Crippen LogP contribution in [0.15, 0.2) is 200 Å². The molecule has 0 fully saturated rings. The van der Waals surface area contributed by atoms with Gasteiger partial charge < -0.3 is 4.90 Å². The molecule has 0 aliphatic heterocycles. The lowest BCUT2D eigenvalue weighted by atomic mass is 9.96. The molecule has 52 heavy (non-hydrogen) atoms. The molecule has 9 aromatic carbocycles. The van der Waals surface area contributed by atoms with Crippen LogP contribution in [0.1, 0.15) is 0 Å².